The minimum Gasteiger partial charge on any atom is -0.468 e. The Morgan fingerprint density at radius 1 is 1.33 bits per heavy atom. The number of fused-ring (bicyclic) bond motifs is 1. The third-order valence-electron chi connectivity index (χ3n) is 3.41. The van der Waals surface area contributed by atoms with Crippen molar-refractivity contribution in [1.82, 2.24) is 5.32 Å². The average molecular weight is 303 g/mol. The van der Waals surface area contributed by atoms with Crippen LogP contribution in [0.1, 0.15) is 36.9 Å². The van der Waals surface area contributed by atoms with Gasteiger partial charge in [0.2, 0.25) is 0 Å². The third kappa shape index (κ3) is 4.89. The molecule has 2 rings (SSSR count). The number of alkyl halides is 3. The Hall–Kier alpha value is -1.27. The van der Waals surface area contributed by atoms with Gasteiger partial charge in [0.1, 0.15) is 12.4 Å². The summed E-state index contributed by atoms with van der Waals surface area (Å²) in [5.74, 6) is 0.548. The van der Waals surface area contributed by atoms with Crippen molar-refractivity contribution < 1.29 is 22.6 Å². The zero-order valence-electron chi connectivity index (χ0n) is 12.0. The molecule has 0 heterocycles. The van der Waals surface area contributed by atoms with Crippen LogP contribution in [-0.2, 0) is 11.2 Å². The number of aryl methyl sites for hydroxylation is 1. The van der Waals surface area contributed by atoms with Gasteiger partial charge in [0.25, 0.3) is 0 Å². The summed E-state index contributed by atoms with van der Waals surface area (Å²) in [6, 6.07) is 6.02. The fraction of sp³-hybridized carbons (Fsp3) is 0.600. The molecule has 0 saturated heterocycles. The standard InChI is InChI=1S/C15H20F3NO2/c1-2-7-19-14-6-3-11-8-12(4-5-13(11)14)21-10-20-9-15(16,17)18/h4-5,8,14,19H,2-3,6-7,9-10H2,1H3. The maximum atomic E-state index is 11.9. The smallest absolute Gasteiger partial charge is 0.411 e. The molecule has 0 spiro atoms. The number of halogens is 3. The van der Waals surface area contributed by atoms with Gasteiger partial charge in [0, 0.05) is 6.04 Å². The molecule has 1 aliphatic rings. The fourth-order valence-corrected chi connectivity index (χ4v) is 2.48. The lowest BCUT2D eigenvalue weighted by Crippen LogP contribution is -2.20. The van der Waals surface area contributed by atoms with Crippen molar-refractivity contribution in [3.8, 4) is 5.75 Å². The molecule has 1 unspecified atom stereocenters. The first kappa shape index (κ1) is 16.1. The number of nitrogens with one attached hydrogen (secondary N) is 1. The van der Waals surface area contributed by atoms with Gasteiger partial charge in [-0.3, -0.25) is 0 Å². The normalized spacial score (nSPS) is 17.8. The van der Waals surface area contributed by atoms with E-state index in [1.54, 1.807) is 6.07 Å². The second-order valence-electron chi connectivity index (χ2n) is 5.13. The molecule has 118 valence electrons. The number of benzene rings is 1. The lowest BCUT2D eigenvalue weighted by molar-refractivity contribution is -0.186. The van der Waals surface area contributed by atoms with Crippen molar-refractivity contribution >= 4 is 0 Å². The van der Waals surface area contributed by atoms with E-state index < -0.39 is 19.6 Å². The molecule has 1 atom stereocenters. The monoisotopic (exact) mass is 303 g/mol. The van der Waals surface area contributed by atoms with Gasteiger partial charge in [-0.1, -0.05) is 13.0 Å². The van der Waals surface area contributed by atoms with Crippen LogP contribution in [0.25, 0.3) is 0 Å². The minimum atomic E-state index is -4.32. The van der Waals surface area contributed by atoms with Crippen LogP contribution in [-0.4, -0.2) is 26.1 Å². The highest BCUT2D eigenvalue weighted by Gasteiger charge is 2.27. The van der Waals surface area contributed by atoms with E-state index in [1.165, 1.54) is 11.1 Å². The summed E-state index contributed by atoms with van der Waals surface area (Å²) in [7, 11) is 0. The summed E-state index contributed by atoms with van der Waals surface area (Å²) in [6.45, 7) is 1.42. The second-order valence-corrected chi connectivity index (χ2v) is 5.13. The maximum Gasteiger partial charge on any atom is 0.411 e. The van der Waals surface area contributed by atoms with Crippen LogP contribution in [0.4, 0.5) is 13.2 Å². The quantitative estimate of drug-likeness (QED) is 0.617. The van der Waals surface area contributed by atoms with Gasteiger partial charge < -0.3 is 14.8 Å². The Kier molecular flexibility index (Phi) is 5.47. The van der Waals surface area contributed by atoms with Gasteiger partial charge >= 0.3 is 6.18 Å². The van der Waals surface area contributed by atoms with E-state index in [2.05, 4.69) is 17.0 Å². The van der Waals surface area contributed by atoms with Crippen molar-refractivity contribution in [1.29, 1.82) is 0 Å². The Morgan fingerprint density at radius 3 is 2.86 bits per heavy atom. The highest BCUT2D eigenvalue weighted by atomic mass is 19.4. The predicted octanol–water partition coefficient (Wildman–Crippen LogP) is 3.59. The number of hydrogen-bond donors (Lipinski definition) is 1. The highest BCUT2D eigenvalue weighted by Crippen LogP contribution is 2.33. The van der Waals surface area contributed by atoms with E-state index >= 15 is 0 Å². The average Bonchev–Trinajstić information content (AvgIpc) is 2.83. The van der Waals surface area contributed by atoms with Gasteiger partial charge in [0.05, 0.1) is 0 Å². The molecule has 1 N–H and O–H groups in total. The van der Waals surface area contributed by atoms with Crippen LogP contribution in [0.2, 0.25) is 0 Å². The van der Waals surface area contributed by atoms with Gasteiger partial charge in [-0.15, -0.1) is 0 Å². The Morgan fingerprint density at radius 2 is 2.14 bits per heavy atom. The van der Waals surface area contributed by atoms with Crippen LogP contribution < -0.4 is 10.1 Å². The SMILES string of the molecule is CCCNC1CCc2cc(OCOCC(F)(F)F)ccc21. The third-order valence-corrected chi connectivity index (χ3v) is 3.41. The highest BCUT2D eigenvalue weighted by molar-refractivity contribution is 5.40. The first-order valence-electron chi connectivity index (χ1n) is 7.13. The molecule has 0 amide bonds. The zero-order valence-corrected chi connectivity index (χ0v) is 12.0. The summed E-state index contributed by atoms with van der Waals surface area (Å²) in [4.78, 5) is 0. The predicted molar refractivity (Wildman–Crippen MR) is 73.3 cm³/mol. The first-order chi connectivity index (χ1) is 9.99. The Labute approximate surface area is 122 Å². The Balaban J connectivity index is 1.84. The van der Waals surface area contributed by atoms with Crippen LogP contribution in [0.15, 0.2) is 18.2 Å². The molecule has 1 aromatic rings. The van der Waals surface area contributed by atoms with E-state index in [1.807, 2.05) is 12.1 Å². The largest absolute Gasteiger partial charge is 0.468 e. The molecular weight excluding hydrogens is 283 g/mol. The second kappa shape index (κ2) is 7.13. The summed E-state index contributed by atoms with van der Waals surface area (Å²) in [5.41, 5.74) is 2.45. The molecule has 0 fully saturated rings. The maximum absolute atomic E-state index is 11.9. The van der Waals surface area contributed by atoms with Crippen molar-refractivity contribution in [2.75, 3.05) is 19.9 Å². The lowest BCUT2D eigenvalue weighted by atomic mass is 10.1. The molecule has 3 nitrogen and oxygen atoms in total. The zero-order chi connectivity index (χ0) is 15.3. The fourth-order valence-electron chi connectivity index (χ4n) is 2.48. The molecule has 0 aromatic heterocycles. The van der Waals surface area contributed by atoms with E-state index in [-0.39, 0.29) is 0 Å². The van der Waals surface area contributed by atoms with E-state index in [4.69, 9.17) is 4.74 Å². The summed E-state index contributed by atoms with van der Waals surface area (Å²) < 4.78 is 45.4. The van der Waals surface area contributed by atoms with Gasteiger partial charge in [-0.05, 0) is 49.1 Å². The summed E-state index contributed by atoms with van der Waals surface area (Å²) in [5, 5.41) is 3.49. The molecule has 0 radical (unpaired) electrons. The summed E-state index contributed by atoms with van der Waals surface area (Å²) >= 11 is 0. The van der Waals surface area contributed by atoms with E-state index in [9.17, 15) is 13.2 Å². The van der Waals surface area contributed by atoms with E-state index in [0.717, 1.165) is 25.8 Å². The molecule has 6 heteroatoms. The van der Waals surface area contributed by atoms with Gasteiger partial charge in [-0.25, -0.2) is 0 Å². The van der Waals surface area contributed by atoms with Crippen molar-refractivity contribution in [2.24, 2.45) is 0 Å². The molecule has 1 aliphatic carbocycles. The molecule has 0 saturated carbocycles. The molecule has 0 aliphatic heterocycles. The molecule has 1 aromatic carbocycles. The Bertz CT molecular complexity index is 463. The number of ether oxygens (including phenoxy) is 2. The van der Waals surface area contributed by atoms with Crippen molar-refractivity contribution in [3.63, 3.8) is 0 Å². The lowest BCUT2D eigenvalue weighted by Gasteiger charge is -2.14. The van der Waals surface area contributed by atoms with Crippen LogP contribution >= 0.6 is 0 Å². The van der Waals surface area contributed by atoms with Gasteiger partial charge in [-0.2, -0.15) is 13.2 Å². The molecular formula is C15H20F3NO2. The number of hydrogen-bond acceptors (Lipinski definition) is 3. The topological polar surface area (TPSA) is 30.5 Å². The molecule has 21 heavy (non-hydrogen) atoms. The van der Waals surface area contributed by atoms with Crippen molar-refractivity contribution in [3.05, 3.63) is 29.3 Å². The molecule has 0 bridgehead atoms. The van der Waals surface area contributed by atoms with Crippen LogP contribution in [0.3, 0.4) is 0 Å². The van der Waals surface area contributed by atoms with Crippen molar-refractivity contribution in [2.45, 2.75) is 38.4 Å². The van der Waals surface area contributed by atoms with Crippen LogP contribution in [0.5, 0.6) is 5.75 Å². The minimum absolute atomic E-state index is 0.371. The summed E-state index contributed by atoms with van der Waals surface area (Å²) in [6.07, 6.45) is -1.23. The van der Waals surface area contributed by atoms with E-state index in [0.29, 0.717) is 11.8 Å². The van der Waals surface area contributed by atoms with Gasteiger partial charge in [0.15, 0.2) is 6.79 Å². The first-order valence-corrected chi connectivity index (χ1v) is 7.13. The number of rotatable bonds is 7. The van der Waals surface area contributed by atoms with Crippen LogP contribution in [0, 0.1) is 0 Å².